The Balaban J connectivity index is 2.26. The van der Waals surface area contributed by atoms with Crippen LogP contribution in [0.2, 0.25) is 0 Å². The van der Waals surface area contributed by atoms with E-state index < -0.39 is 47.9 Å². The number of hydrogen-bond acceptors (Lipinski definition) is 4. The van der Waals surface area contributed by atoms with E-state index in [1.54, 1.807) is 6.92 Å². The van der Waals surface area contributed by atoms with E-state index in [1.807, 2.05) is 0 Å². The van der Waals surface area contributed by atoms with E-state index in [4.69, 9.17) is 0 Å². The Morgan fingerprint density at radius 1 is 1.36 bits per heavy atom. The fraction of sp³-hybridized carbons (Fsp3) is 0.438. The van der Waals surface area contributed by atoms with Gasteiger partial charge in [0.1, 0.15) is 18.1 Å². The van der Waals surface area contributed by atoms with Gasteiger partial charge in [-0.05, 0) is 41.4 Å². The van der Waals surface area contributed by atoms with Crippen LogP contribution in [0.3, 0.4) is 0 Å². The van der Waals surface area contributed by atoms with E-state index in [9.17, 15) is 28.3 Å². The molecule has 0 spiro atoms. The molecule has 0 aliphatic carbocycles. The van der Waals surface area contributed by atoms with E-state index in [0.29, 0.717) is 0 Å². The van der Waals surface area contributed by atoms with E-state index in [-0.39, 0.29) is 29.6 Å². The molecule has 0 saturated carbocycles. The third-order valence-electron chi connectivity index (χ3n) is 4.03. The fourth-order valence-electron chi connectivity index (χ4n) is 2.95. The molecule has 25 heavy (non-hydrogen) atoms. The Morgan fingerprint density at radius 3 is 2.64 bits per heavy atom. The second-order valence-electron chi connectivity index (χ2n) is 5.59. The topological polar surface area (TPSA) is 83.9 Å². The lowest BCUT2D eigenvalue weighted by atomic mass is 9.93. The summed E-state index contributed by atoms with van der Waals surface area (Å²) in [4.78, 5) is 35.9. The molecule has 6 nitrogen and oxygen atoms in total. The average molecular weight is 420 g/mol. The van der Waals surface area contributed by atoms with Crippen LogP contribution >= 0.6 is 15.9 Å². The van der Waals surface area contributed by atoms with E-state index in [1.165, 1.54) is 6.07 Å². The third kappa shape index (κ3) is 4.15. The van der Waals surface area contributed by atoms with Gasteiger partial charge in [0.15, 0.2) is 5.78 Å². The monoisotopic (exact) mass is 419 g/mol. The van der Waals surface area contributed by atoms with Crippen molar-refractivity contribution in [1.29, 1.82) is 0 Å². The van der Waals surface area contributed by atoms with Gasteiger partial charge in [-0.3, -0.25) is 14.5 Å². The Kier molecular flexibility index (Phi) is 6.10. The first-order valence-corrected chi connectivity index (χ1v) is 8.36. The summed E-state index contributed by atoms with van der Waals surface area (Å²) in [5, 5.41) is 9.29. The molecule has 0 radical (unpaired) electrons. The summed E-state index contributed by atoms with van der Waals surface area (Å²) in [6.07, 6.45) is -2.08. The van der Waals surface area contributed by atoms with Crippen LogP contribution in [-0.4, -0.2) is 47.0 Å². The largest absolute Gasteiger partial charge is 0.466 e. The predicted molar refractivity (Wildman–Crippen MR) is 86.2 cm³/mol. The number of likely N-dealkylation sites (tertiary alicyclic amines) is 1. The summed E-state index contributed by atoms with van der Waals surface area (Å²) in [5.41, 5.74) is -0.271. The molecular weight excluding hydrogens is 404 g/mol. The lowest BCUT2D eigenvalue weighted by Crippen LogP contribution is -2.40. The van der Waals surface area contributed by atoms with Crippen molar-refractivity contribution in [2.45, 2.75) is 31.7 Å². The first-order chi connectivity index (χ1) is 11.8. The number of carbonyl (C=O) groups is 3. The van der Waals surface area contributed by atoms with Gasteiger partial charge in [-0.15, -0.1) is 0 Å². The zero-order valence-corrected chi connectivity index (χ0v) is 14.9. The summed E-state index contributed by atoms with van der Waals surface area (Å²) in [5.74, 6) is -3.88. The molecule has 136 valence electrons. The summed E-state index contributed by atoms with van der Waals surface area (Å²) in [7, 11) is 0. The minimum absolute atomic E-state index is 0.0482. The Morgan fingerprint density at radius 2 is 2.04 bits per heavy atom. The summed E-state index contributed by atoms with van der Waals surface area (Å²) in [6.45, 7) is 1.44. The quantitative estimate of drug-likeness (QED) is 0.450. The first kappa shape index (κ1) is 19.3. The number of hydrogen-bond donors (Lipinski definition) is 1. The molecule has 1 amide bonds. The van der Waals surface area contributed by atoms with Crippen LogP contribution < -0.4 is 0 Å². The Hall–Kier alpha value is -2.03. The zero-order chi connectivity index (χ0) is 18.7. The molecule has 2 unspecified atom stereocenters. The lowest BCUT2D eigenvalue weighted by Gasteiger charge is -2.19. The number of ether oxygens (including phenoxy) is 1. The molecule has 9 heteroatoms. The van der Waals surface area contributed by atoms with Crippen molar-refractivity contribution in [1.82, 2.24) is 4.90 Å². The fourth-order valence-corrected chi connectivity index (χ4v) is 3.30. The third-order valence-corrected chi connectivity index (χ3v) is 4.64. The second kappa shape index (κ2) is 7.90. The number of rotatable bonds is 5. The maximum absolute atomic E-state index is 14.3. The van der Waals surface area contributed by atoms with E-state index in [0.717, 1.165) is 11.0 Å². The average Bonchev–Trinajstić information content (AvgIpc) is 2.97. The lowest BCUT2D eigenvalue weighted by molar-refractivity contribution is -0.146. The standard InChI is InChI=1S/C16H16BrF2NO5/c1-2-25-13(22)6-12(21)11-5-8(7-20(11)16(23)24)14-10(18)4-3-9(17)15(14)19/h3-4,8,11H,2,5-7H2,1H3,(H,23,24). The van der Waals surface area contributed by atoms with Gasteiger partial charge in [-0.25, -0.2) is 13.6 Å². The van der Waals surface area contributed by atoms with Crippen molar-refractivity contribution in [3.63, 3.8) is 0 Å². The molecule has 1 saturated heterocycles. The van der Waals surface area contributed by atoms with Gasteiger partial charge in [-0.1, -0.05) is 0 Å². The first-order valence-electron chi connectivity index (χ1n) is 7.57. The van der Waals surface area contributed by atoms with Crippen LogP contribution in [0.25, 0.3) is 0 Å². The number of benzene rings is 1. The highest BCUT2D eigenvalue weighted by atomic mass is 79.9. The molecule has 1 aliphatic rings. The number of nitrogens with zero attached hydrogens (tertiary/aromatic N) is 1. The summed E-state index contributed by atoms with van der Waals surface area (Å²) in [6, 6.07) is 1.13. The van der Waals surface area contributed by atoms with Crippen LogP contribution in [0, 0.1) is 11.6 Å². The van der Waals surface area contributed by atoms with E-state index >= 15 is 0 Å². The smallest absolute Gasteiger partial charge is 0.407 e. The zero-order valence-electron chi connectivity index (χ0n) is 13.3. The Labute approximate surface area is 150 Å². The molecule has 2 atom stereocenters. The number of carboxylic acid groups (broad SMARTS) is 1. The molecular formula is C16H16BrF2NO5. The van der Waals surface area contributed by atoms with Crippen molar-refractivity contribution in [2.75, 3.05) is 13.2 Å². The highest BCUT2D eigenvalue weighted by molar-refractivity contribution is 9.10. The van der Waals surface area contributed by atoms with Crippen molar-refractivity contribution >= 4 is 33.8 Å². The van der Waals surface area contributed by atoms with Crippen LogP contribution in [0.4, 0.5) is 13.6 Å². The number of amides is 1. The van der Waals surface area contributed by atoms with Gasteiger partial charge in [0.25, 0.3) is 0 Å². The van der Waals surface area contributed by atoms with Crippen LogP contribution in [0.1, 0.15) is 31.2 Å². The minimum atomic E-state index is -1.39. The molecule has 1 aromatic rings. The van der Waals surface area contributed by atoms with Gasteiger partial charge in [0.05, 0.1) is 17.1 Å². The number of ketones is 1. The molecule has 1 aliphatic heterocycles. The molecule has 1 N–H and O–H groups in total. The van der Waals surface area contributed by atoms with Crippen LogP contribution in [0.15, 0.2) is 16.6 Å². The number of esters is 1. The summed E-state index contributed by atoms with van der Waals surface area (Å²) < 4.78 is 33.1. The maximum atomic E-state index is 14.3. The predicted octanol–water partition coefficient (Wildman–Crippen LogP) is 3.09. The van der Waals surface area contributed by atoms with Crippen LogP contribution in [0.5, 0.6) is 0 Å². The van der Waals surface area contributed by atoms with Crippen molar-refractivity contribution in [2.24, 2.45) is 0 Å². The number of halogens is 3. The highest BCUT2D eigenvalue weighted by Crippen LogP contribution is 2.37. The second-order valence-corrected chi connectivity index (χ2v) is 6.44. The van der Waals surface area contributed by atoms with Crippen molar-refractivity contribution in [3.05, 3.63) is 33.8 Å². The molecule has 2 rings (SSSR count). The normalized spacial score (nSPS) is 19.8. The molecule has 0 aromatic heterocycles. The highest BCUT2D eigenvalue weighted by Gasteiger charge is 2.42. The van der Waals surface area contributed by atoms with Crippen LogP contribution in [-0.2, 0) is 14.3 Å². The summed E-state index contributed by atoms with van der Waals surface area (Å²) >= 11 is 2.97. The van der Waals surface area contributed by atoms with Gasteiger partial charge in [0, 0.05) is 18.0 Å². The Bertz CT molecular complexity index is 712. The van der Waals surface area contributed by atoms with Gasteiger partial charge in [0.2, 0.25) is 0 Å². The van der Waals surface area contributed by atoms with Crippen molar-refractivity contribution < 1.29 is 33.0 Å². The molecule has 0 bridgehead atoms. The minimum Gasteiger partial charge on any atom is -0.466 e. The number of carbonyl (C=O) groups excluding carboxylic acids is 2. The molecule has 1 heterocycles. The molecule has 1 aromatic carbocycles. The maximum Gasteiger partial charge on any atom is 0.407 e. The van der Waals surface area contributed by atoms with E-state index in [2.05, 4.69) is 20.7 Å². The van der Waals surface area contributed by atoms with Gasteiger partial charge < -0.3 is 9.84 Å². The van der Waals surface area contributed by atoms with Crippen molar-refractivity contribution in [3.8, 4) is 0 Å². The van der Waals surface area contributed by atoms with Gasteiger partial charge in [-0.2, -0.15) is 0 Å². The number of Topliss-reactive ketones (excluding diaryl/α,β-unsaturated/α-hetero) is 1. The van der Waals surface area contributed by atoms with Gasteiger partial charge >= 0.3 is 12.1 Å². The molecule has 1 fully saturated rings. The SMILES string of the molecule is CCOC(=O)CC(=O)C1CC(c2c(F)ccc(Br)c2F)CN1C(=O)O.